The van der Waals surface area contributed by atoms with Gasteiger partial charge < -0.3 is 0 Å². The Morgan fingerprint density at radius 2 is 1.88 bits per heavy atom. The Labute approximate surface area is 194 Å². The van der Waals surface area contributed by atoms with E-state index in [4.69, 9.17) is 10.1 Å². The summed E-state index contributed by atoms with van der Waals surface area (Å²) < 4.78 is 3.78. The molecule has 5 rings (SSSR count). The number of aryl methyl sites for hydroxylation is 2. The minimum Gasteiger partial charge on any atom is -0.233 e. The first kappa shape index (κ1) is 21.4. The van der Waals surface area contributed by atoms with Crippen LogP contribution in [0, 0.1) is 18.8 Å². The summed E-state index contributed by atoms with van der Waals surface area (Å²) in [6, 6.07) is 8.86. The predicted molar refractivity (Wildman–Crippen MR) is 128 cm³/mol. The van der Waals surface area contributed by atoms with Gasteiger partial charge in [0.25, 0.3) is 5.95 Å². The molecule has 2 aromatic heterocycles. The normalized spacial score (nSPS) is 22.6. The third-order valence-electron chi connectivity index (χ3n) is 6.71. The molecule has 2 bridgehead atoms. The molecule has 2 aliphatic rings. The molecule has 1 fully saturated rings. The molecule has 0 N–H and O–H groups in total. The van der Waals surface area contributed by atoms with Crippen molar-refractivity contribution in [3.8, 4) is 5.95 Å². The first-order chi connectivity index (χ1) is 15.5. The zero-order valence-electron chi connectivity index (χ0n) is 19.4. The van der Waals surface area contributed by atoms with Gasteiger partial charge in [-0.3, -0.25) is 0 Å². The van der Waals surface area contributed by atoms with E-state index >= 15 is 0 Å². The summed E-state index contributed by atoms with van der Waals surface area (Å²) >= 11 is 1.79. The molecule has 2 aliphatic carbocycles. The maximum atomic E-state index is 5.07. The second kappa shape index (κ2) is 8.85. The highest BCUT2D eigenvalue weighted by Gasteiger charge is 2.34. The van der Waals surface area contributed by atoms with E-state index in [0.717, 1.165) is 41.5 Å². The van der Waals surface area contributed by atoms with Crippen LogP contribution in [0.4, 0.5) is 0 Å². The van der Waals surface area contributed by atoms with Crippen molar-refractivity contribution in [1.82, 2.24) is 29.5 Å². The van der Waals surface area contributed by atoms with Crippen LogP contribution in [0.15, 0.2) is 41.3 Å². The number of benzene rings is 1. The lowest BCUT2D eigenvalue weighted by Gasteiger charge is -2.35. The van der Waals surface area contributed by atoms with E-state index in [-0.39, 0.29) is 0 Å². The average molecular weight is 449 g/mol. The van der Waals surface area contributed by atoms with Gasteiger partial charge in [-0.05, 0) is 68.1 Å². The van der Waals surface area contributed by atoms with Crippen molar-refractivity contribution in [1.29, 1.82) is 0 Å². The number of hydrogen-bond donors (Lipinski definition) is 0. The van der Waals surface area contributed by atoms with Gasteiger partial charge in [0.1, 0.15) is 11.6 Å². The molecule has 3 atom stereocenters. The van der Waals surface area contributed by atoms with E-state index in [1.165, 1.54) is 29.7 Å². The molecule has 7 heteroatoms. The van der Waals surface area contributed by atoms with Crippen molar-refractivity contribution < 1.29 is 0 Å². The van der Waals surface area contributed by atoms with Crippen LogP contribution in [0.1, 0.15) is 74.4 Å². The van der Waals surface area contributed by atoms with Crippen molar-refractivity contribution in [3.63, 3.8) is 0 Å². The molecule has 1 saturated carbocycles. The standard InChI is InChI=1S/C25H32N6S/c1-16(2)20-8-10-22(11-9-20)32-15-23-27-24(21-13-18-6-5-7-19(12-18)14-21)31(29-23)25-26-17(3)28-30(25)4/h5-6,8-11,16,18-19,21H,7,12-15H2,1-4H3/t18-,19+,21-/m0/s1. The van der Waals surface area contributed by atoms with Crippen LogP contribution in [0.25, 0.3) is 5.95 Å². The lowest BCUT2D eigenvalue weighted by atomic mass is 9.71. The molecule has 0 unspecified atom stereocenters. The Balaban J connectivity index is 1.42. The lowest BCUT2D eigenvalue weighted by Crippen LogP contribution is -2.25. The Morgan fingerprint density at radius 1 is 1.06 bits per heavy atom. The molecule has 1 aromatic carbocycles. The van der Waals surface area contributed by atoms with Crippen LogP contribution in [0.3, 0.4) is 0 Å². The quantitative estimate of drug-likeness (QED) is 0.364. The number of nitrogens with zero attached hydrogens (tertiary/aromatic N) is 6. The Bertz CT molecular complexity index is 1110. The molecule has 168 valence electrons. The van der Waals surface area contributed by atoms with Gasteiger partial charge in [-0.2, -0.15) is 14.8 Å². The van der Waals surface area contributed by atoms with E-state index in [2.05, 4.69) is 60.3 Å². The number of rotatable bonds is 6. The third-order valence-corrected chi connectivity index (χ3v) is 7.72. The second-order valence-electron chi connectivity index (χ2n) is 9.59. The fourth-order valence-corrected chi connectivity index (χ4v) is 5.88. The van der Waals surface area contributed by atoms with Gasteiger partial charge in [0, 0.05) is 17.9 Å². The van der Waals surface area contributed by atoms with Gasteiger partial charge >= 0.3 is 0 Å². The average Bonchev–Trinajstić information content (AvgIpc) is 3.34. The molecule has 6 nitrogen and oxygen atoms in total. The third kappa shape index (κ3) is 4.40. The molecule has 3 aromatic rings. The highest BCUT2D eigenvalue weighted by molar-refractivity contribution is 7.98. The summed E-state index contributed by atoms with van der Waals surface area (Å²) in [5.74, 6) is 6.56. The Morgan fingerprint density at radius 3 is 2.56 bits per heavy atom. The summed E-state index contributed by atoms with van der Waals surface area (Å²) in [6.07, 6.45) is 9.62. The summed E-state index contributed by atoms with van der Waals surface area (Å²) in [4.78, 5) is 11.0. The summed E-state index contributed by atoms with van der Waals surface area (Å²) in [5, 5.41) is 9.38. The van der Waals surface area contributed by atoms with Crippen LogP contribution < -0.4 is 0 Å². The topological polar surface area (TPSA) is 61.4 Å². The van der Waals surface area contributed by atoms with Gasteiger partial charge in [0.15, 0.2) is 5.82 Å². The SMILES string of the molecule is Cc1nc(-n2nc(CSc3ccc(C(C)C)cc3)nc2[C@H]2C[C@H]3C=CC[C@H](C3)C2)n(C)n1. The fraction of sp³-hybridized carbons (Fsp3) is 0.520. The van der Waals surface area contributed by atoms with Crippen molar-refractivity contribution in [2.45, 2.75) is 68.9 Å². The molecule has 0 saturated heterocycles. The van der Waals surface area contributed by atoms with Crippen LogP contribution in [-0.2, 0) is 12.8 Å². The molecule has 0 radical (unpaired) electrons. The number of fused-ring (bicyclic) bond motifs is 2. The van der Waals surface area contributed by atoms with Crippen molar-refractivity contribution in [3.05, 3.63) is 59.5 Å². The number of hydrogen-bond acceptors (Lipinski definition) is 5. The largest absolute Gasteiger partial charge is 0.250 e. The Kier molecular flexibility index (Phi) is 5.93. The van der Waals surface area contributed by atoms with Gasteiger partial charge in [-0.15, -0.1) is 16.9 Å². The lowest BCUT2D eigenvalue weighted by molar-refractivity contribution is 0.252. The smallest absolute Gasteiger partial charge is 0.233 e. The van der Waals surface area contributed by atoms with E-state index in [9.17, 15) is 0 Å². The van der Waals surface area contributed by atoms with E-state index < -0.39 is 0 Å². The molecule has 0 aliphatic heterocycles. The van der Waals surface area contributed by atoms with Crippen LogP contribution in [-0.4, -0.2) is 29.5 Å². The van der Waals surface area contributed by atoms with Gasteiger partial charge in [0.2, 0.25) is 0 Å². The molecular weight excluding hydrogens is 416 g/mol. The number of thioether (sulfide) groups is 1. The van der Waals surface area contributed by atoms with E-state index in [1.54, 1.807) is 11.8 Å². The number of allylic oxidation sites excluding steroid dienone is 2. The minimum atomic E-state index is 0.414. The summed E-state index contributed by atoms with van der Waals surface area (Å²) in [6.45, 7) is 6.38. The van der Waals surface area contributed by atoms with Gasteiger partial charge in [-0.1, -0.05) is 38.1 Å². The number of aromatic nitrogens is 6. The molecular formula is C25H32N6S. The highest BCUT2D eigenvalue weighted by atomic mass is 32.2. The molecule has 0 amide bonds. The van der Waals surface area contributed by atoms with Crippen LogP contribution in [0.2, 0.25) is 0 Å². The second-order valence-corrected chi connectivity index (χ2v) is 10.6. The van der Waals surface area contributed by atoms with Crippen molar-refractivity contribution >= 4 is 11.8 Å². The predicted octanol–water partition coefficient (Wildman–Crippen LogP) is 5.58. The first-order valence-corrected chi connectivity index (χ1v) is 12.7. The highest BCUT2D eigenvalue weighted by Crippen LogP contribution is 2.43. The zero-order valence-corrected chi connectivity index (χ0v) is 20.2. The molecule has 2 heterocycles. The van der Waals surface area contributed by atoms with Crippen molar-refractivity contribution in [2.24, 2.45) is 18.9 Å². The zero-order chi connectivity index (χ0) is 22.2. The van der Waals surface area contributed by atoms with Crippen LogP contribution >= 0.6 is 11.8 Å². The summed E-state index contributed by atoms with van der Waals surface area (Å²) in [5.41, 5.74) is 1.37. The van der Waals surface area contributed by atoms with Crippen molar-refractivity contribution in [2.75, 3.05) is 0 Å². The summed E-state index contributed by atoms with van der Waals surface area (Å²) in [7, 11) is 1.93. The minimum absolute atomic E-state index is 0.414. The maximum absolute atomic E-state index is 5.07. The fourth-order valence-electron chi connectivity index (χ4n) is 5.13. The maximum Gasteiger partial charge on any atom is 0.250 e. The monoisotopic (exact) mass is 448 g/mol. The molecule has 0 spiro atoms. The Hall–Kier alpha value is -2.41. The van der Waals surface area contributed by atoms with E-state index in [0.29, 0.717) is 17.8 Å². The molecule has 32 heavy (non-hydrogen) atoms. The van der Waals surface area contributed by atoms with Crippen LogP contribution in [0.5, 0.6) is 0 Å². The van der Waals surface area contributed by atoms with Gasteiger partial charge in [0.05, 0.1) is 5.75 Å². The van der Waals surface area contributed by atoms with Gasteiger partial charge in [-0.25, -0.2) is 9.67 Å². The first-order valence-electron chi connectivity index (χ1n) is 11.7. The van der Waals surface area contributed by atoms with E-state index in [1.807, 2.05) is 23.3 Å².